The Labute approximate surface area is 142 Å². The standard InChI is InChI=1S/C18H25N5O/c1-4-13(2)19-18(24)16-14-7-5-6-8-15(14)17(21-20-16)23-11-9-22(3)10-12-23/h5-8,13H,4,9-12H2,1-3H3,(H,19,24). The van der Waals surface area contributed by atoms with Crippen LogP contribution in [0.25, 0.3) is 10.8 Å². The molecule has 24 heavy (non-hydrogen) atoms. The lowest BCUT2D eigenvalue weighted by atomic mass is 10.1. The number of nitrogens with zero attached hydrogens (tertiary/aromatic N) is 4. The molecule has 1 fully saturated rings. The van der Waals surface area contributed by atoms with Crippen LogP contribution in [0.2, 0.25) is 0 Å². The largest absolute Gasteiger partial charge is 0.352 e. The van der Waals surface area contributed by atoms with Crippen LogP contribution in [-0.2, 0) is 0 Å². The van der Waals surface area contributed by atoms with Gasteiger partial charge in [-0.25, -0.2) is 0 Å². The maximum absolute atomic E-state index is 12.5. The van der Waals surface area contributed by atoms with E-state index in [2.05, 4.69) is 32.4 Å². The summed E-state index contributed by atoms with van der Waals surface area (Å²) in [5.74, 6) is 0.719. The summed E-state index contributed by atoms with van der Waals surface area (Å²) in [5, 5.41) is 13.5. The number of amides is 1. The van der Waals surface area contributed by atoms with E-state index in [1.165, 1.54) is 0 Å². The molecule has 1 aromatic carbocycles. The van der Waals surface area contributed by atoms with Crippen LogP contribution in [-0.4, -0.2) is 60.3 Å². The number of rotatable bonds is 4. The predicted octanol–water partition coefficient (Wildman–Crippen LogP) is 1.91. The summed E-state index contributed by atoms with van der Waals surface area (Å²) in [6, 6.07) is 8.03. The minimum absolute atomic E-state index is 0.121. The summed E-state index contributed by atoms with van der Waals surface area (Å²) in [7, 11) is 2.13. The van der Waals surface area contributed by atoms with Crippen LogP contribution in [0.4, 0.5) is 5.82 Å². The van der Waals surface area contributed by atoms with Crippen molar-refractivity contribution in [1.29, 1.82) is 0 Å². The predicted molar refractivity (Wildman–Crippen MR) is 96.5 cm³/mol. The normalized spacial score (nSPS) is 17.0. The molecule has 1 aliphatic rings. The first-order chi connectivity index (χ1) is 11.6. The summed E-state index contributed by atoms with van der Waals surface area (Å²) in [6.07, 6.45) is 0.885. The third-order valence-corrected chi connectivity index (χ3v) is 4.68. The number of aromatic nitrogens is 2. The number of anilines is 1. The van der Waals surface area contributed by atoms with Crippen LogP contribution in [0.5, 0.6) is 0 Å². The number of nitrogens with one attached hydrogen (secondary N) is 1. The van der Waals surface area contributed by atoms with Crippen molar-refractivity contribution in [2.75, 3.05) is 38.1 Å². The number of hydrogen-bond acceptors (Lipinski definition) is 5. The zero-order chi connectivity index (χ0) is 17.1. The molecule has 3 rings (SSSR count). The number of carbonyl (C=O) groups is 1. The molecule has 1 aliphatic heterocycles. The van der Waals surface area contributed by atoms with Gasteiger partial charge in [-0.05, 0) is 20.4 Å². The minimum Gasteiger partial charge on any atom is -0.352 e. The average Bonchev–Trinajstić information content (AvgIpc) is 2.61. The minimum atomic E-state index is -0.155. The molecule has 1 atom stereocenters. The molecule has 0 bridgehead atoms. The highest BCUT2D eigenvalue weighted by Gasteiger charge is 2.21. The SMILES string of the molecule is CCC(C)NC(=O)c1nnc(N2CCN(C)CC2)c2ccccc12. The van der Waals surface area contributed by atoms with Crippen LogP contribution in [0.3, 0.4) is 0 Å². The van der Waals surface area contributed by atoms with Gasteiger partial charge in [-0.3, -0.25) is 4.79 Å². The molecular formula is C18H25N5O. The van der Waals surface area contributed by atoms with Crippen molar-refractivity contribution in [3.8, 4) is 0 Å². The second-order valence-electron chi connectivity index (χ2n) is 6.49. The zero-order valence-corrected chi connectivity index (χ0v) is 14.6. The van der Waals surface area contributed by atoms with Gasteiger partial charge >= 0.3 is 0 Å². The average molecular weight is 327 g/mol. The maximum Gasteiger partial charge on any atom is 0.272 e. The van der Waals surface area contributed by atoms with Gasteiger partial charge in [0.25, 0.3) is 5.91 Å². The molecule has 0 aliphatic carbocycles. The van der Waals surface area contributed by atoms with Gasteiger partial charge < -0.3 is 15.1 Å². The van der Waals surface area contributed by atoms with Gasteiger partial charge in [0.2, 0.25) is 0 Å². The van der Waals surface area contributed by atoms with Crippen LogP contribution < -0.4 is 10.2 Å². The van der Waals surface area contributed by atoms with E-state index in [1.54, 1.807) is 0 Å². The van der Waals surface area contributed by atoms with Crippen molar-refractivity contribution in [1.82, 2.24) is 20.4 Å². The van der Waals surface area contributed by atoms with E-state index in [4.69, 9.17) is 0 Å². The first kappa shape index (κ1) is 16.6. The van der Waals surface area contributed by atoms with E-state index in [-0.39, 0.29) is 11.9 Å². The molecule has 1 amide bonds. The number of piperazine rings is 1. The Morgan fingerprint density at radius 3 is 2.50 bits per heavy atom. The highest BCUT2D eigenvalue weighted by molar-refractivity contribution is 6.07. The monoisotopic (exact) mass is 327 g/mol. The smallest absolute Gasteiger partial charge is 0.272 e. The summed E-state index contributed by atoms with van der Waals surface area (Å²) in [4.78, 5) is 17.1. The number of hydrogen-bond donors (Lipinski definition) is 1. The van der Waals surface area contributed by atoms with E-state index in [0.29, 0.717) is 5.69 Å². The highest BCUT2D eigenvalue weighted by atomic mass is 16.2. The Balaban J connectivity index is 1.97. The van der Waals surface area contributed by atoms with Crippen molar-refractivity contribution in [3.63, 3.8) is 0 Å². The zero-order valence-electron chi connectivity index (χ0n) is 14.6. The van der Waals surface area contributed by atoms with Crippen molar-refractivity contribution < 1.29 is 4.79 Å². The third kappa shape index (κ3) is 3.33. The summed E-state index contributed by atoms with van der Waals surface area (Å²) in [6.45, 7) is 7.90. The first-order valence-electron chi connectivity index (χ1n) is 8.60. The molecule has 6 heteroatoms. The van der Waals surface area contributed by atoms with Gasteiger partial charge in [-0.15, -0.1) is 10.2 Å². The lowest BCUT2D eigenvalue weighted by molar-refractivity contribution is 0.0935. The molecule has 1 saturated heterocycles. The topological polar surface area (TPSA) is 61.4 Å². The van der Waals surface area contributed by atoms with E-state index in [1.807, 2.05) is 38.1 Å². The van der Waals surface area contributed by atoms with Gasteiger partial charge in [0, 0.05) is 43.0 Å². The van der Waals surface area contributed by atoms with Gasteiger partial charge in [-0.2, -0.15) is 0 Å². The second kappa shape index (κ2) is 7.13. The van der Waals surface area contributed by atoms with Gasteiger partial charge in [0.05, 0.1) is 0 Å². The molecule has 0 saturated carbocycles. The number of likely N-dealkylation sites (N-methyl/N-ethyl adjacent to an activating group) is 1. The van der Waals surface area contributed by atoms with Crippen molar-refractivity contribution >= 4 is 22.5 Å². The Morgan fingerprint density at radius 1 is 1.17 bits per heavy atom. The maximum atomic E-state index is 12.5. The molecule has 2 aromatic rings. The van der Waals surface area contributed by atoms with Crippen LogP contribution in [0, 0.1) is 0 Å². The third-order valence-electron chi connectivity index (χ3n) is 4.68. The Bertz CT molecular complexity index is 724. The molecular weight excluding hydrogens is 302 g/mol. The fourth-order valence-corrected chi connectivity index (χ4v) is 2.90. The first-order valence-corrected chi connectivity index (χ1v) is 8.60. The van der Waals surface area contributed by atoms with Crippen LogP contribution >= 0.6 is 0 Å². The van der Waals surface area contributed by atoms with Crippen molar-refractivity contribution in [2.45, 2.75) is 26.3 Å². The Hall–Kier alpha value is -2.21. The lowest BCUT2D eigenvalue weighted by Crippen LogP contribution is -2.45. The second-order valence-corrected chi connectivity index (χ2v) is 6.49. The van der Waals surface area contributed by atoms with Crippen LogP contribution in [0.1, 0.15) is 30.8 Å². The van der Waals surface area contributed by atoms with E-state index < -0.39 is 0 Å². The lowest BCUT2D eigenvalue weighted by Gasteiger charge is -2.33. The van der Waals surface area contributed by atoms with Gasteiger partial charge in [0.15, 0.2) is 11.5 Å². The molecule has 128 valence electrons. The quantitative estimate of drug-likeness (QED) is 0.929. The molecule has 0 spiro atoms. The summed E-state index contributed by atoms with van der Waals surface area (Å²) >= 11 is 0. The fourth-order valence-electron chi connectivity index (χ4n) is 2.90. The van der Waals surface area contributed by atoms with E-state index in [0.717, 1.165) is 49.2 Å². The van der Waals surface area contributed by atoms with Gasteiger partial charge in [-0.1, -0.05) is 31.2 Å². The molecule has 2 heterocycles. The number of carbonyl (C=O) groups excluding carboxylic acids is 1. The van der Waals surface area contributed by atoms with Gasteiger partial charge in [0.1, 0.15) is 0 Å². The van der Waals surface area contributed by atoms with Crippen LogP contribution in [0.15, 0.2) is 24.3 Å². The molecule has 1 aromatic heterocycles. The summed E-state index contributed by atoms with van der Waals surface area (Å²) in [5.41, 5.74) is 0.406. The number of benzene rings is 1. The molecule has 1 unspecified atom stereocenters. The number of fused-ring (bicyclic) bond motifs is 1. The Morgan fingerprint density at radius 2 is 1.83 bits per heavy atom. The van der Waals surface area contributed by atoms with Crippen molar-refractivity contribution in [2.24, 2.45) is 0 Å². The fraction of sp³-hybridized carbons (Fsp3) is 0.500. The molecule has 0 radical (unpaired) electrons. The van der Waals surface area contributed by atoms with E-state index in [9.17, 15) is 4.79 Å². The molecule has 6 nitrogen and oxygen atoms in total. The highest BCUT2D eigenvalue weighted by Crippen LogP contribution is 2.26. The Kier molecular flexibility index (Phi) is 4.94. The van der Waals surface area contributed by atoms with E-state index >= 15 is 0 Å². The molecule has 1 N–H and O–H groups in total. The van der Waals surface area contributed by atoms with Crippen molar-refractivity contribution in [3.05, 3.63) is 30.0 Å². The summed E-state index contributed by atoms with van der Waals surface area (Å²) < 4.78 is 0.